The van der Waals surface area contributed by atoms with Crippen molar-refractivity contribution in [3.63, 3.8) is 0 Å². The number of ether oxygens (including phenoxy) is 1. The fourth-order valence-electron chi connectivity index (χ4n) is 1.60. The van der Waals surface area contributed by atoms with Gasteiger partial charge >= 0.3 is 0 Å². The van der Waals surface area contributed by atoms with Crippen molar-refractivity contribution in [1.82, 2.24) is 15.1 Å². The van der Waals surface area contributed by atoms with E-state index in [1.807, 2.05) is 24.9 Å². The van der Waals surface area contributed by atoms with Gasteiger partial charge in [-0.3, -0.25) is 4.68 Å². The highest BCUT2D eigenvalue weighted by Gasteiger charge is 2.11. The first-order chi connectivity index (χ1) is 7.27. The zero-order valence-corrected chi connectivity index (χ0v) is 9.86. The van der Waals surface area contributed by atoms with Crippen LogP contribution in [0.15, 0.2) is 12.4 Å². The van der Waals surface area contributed by atoms with Crippen LogP contribution in [-0.2, 0) is 11.8 Å². The maximum atomic E-state index is 5.37. The van der Waals surface area contributed by atoms with Gasteiger partial charge in [0, 0.05) is 38.1 Å². The molecule has 0 amide bonds. The van der Waals surface area contributed by atoms with Gasteiger partial charge in [0.1, 0.15) is 0 Å². The van der Waals surface area contributed by atoms with Crippen LogP contribution < -0.4 is 5.32 Å². The average molecular weight is 211 g/mol. The number of aromatic nitrogens is 2. The summed E-state index contributed by atoms with van der Waals surface area (Å²) in [6, 6.07) is 0.357. The summed E-state index contributed by atoms with van der Waals surface area (Å²) in [6.45, 7) is 6.68. The summed E-state index contributed by atoms with van der Waals surface area (Å²) in [4.78, 5) is 0. The molecule has 1 N–H and O–H groups in total. The molecule has 1 heterocycles. The van der Waals surface area contributed by atoms with E-state index in [1.54, 1.807) is 0 Å². The summed E-state index contributed by atoms with van der Waals surface area (Å²) in [5.41, 5.74) is 1.24. The van der Waals surface area contributed by atoms with Gasteiger partial charge < -0.3 is 10.1 Å². The van der Waals surface area contributed by atoms with Gasteiger partial charge in [0.2, 0.25) is 0 Å². The Morgan fingerprint density at radius 3 is 2.87 bits per heavy atom. The van der Waals surface area contributed by atoms with Crippen LogP contribution >= 0.6 is 0 Å². The largest absolute Gasteiger partial charge is 0.382 e. The van der Waals surface area contributed by atoms with Crippen molar-refractivity contribution >= 4 is 0 Å². The first-order valence-electron chi connectivity index (χ1n) is 5.57. The van der Waals surface area contributed by atoms with Gasteiger partial charge in [0.15, 0.2) is 0 Å². The third-order valence-electron chi connectivity index (χ3n) is 2.33. The van der Waals surface area contributed by atoms with Crippen molar-refractivity contribution in [2.45, 2.75) is 26.3 Å². The molecule has 4 heteroatoms. The minimum atomic E-state index is 0.357. The summed E-state index contributed by atoms with van der Waals surface area (Å²) in [6.07, 6.45) is 4.96. The number of nitrogens with zero attached hydrogens (tertiary/aromatic N) is 2. The van der Waals surface area contributed by atoms with E-state index >= 15 is 0 Å². The summed E-state index contributed by atoms with van der Waals surface area (Å²) < 4.78 is 7.21. The Labute approximate surface area is 91.6 Å². The smallest absolute Gasteiger partial charge is 0.0537 e. The van der Waals surface area contributed by atoms with Gasteiger partial charge in [-0.25, -0.2) is 0 Å². The minimum Gasteiger partial charge on any atom is -0.382 e. The second-order valence-corrected chi connectivity index (χ2v) is 3.54. The molecule has 0 aliphatic heterocycles. The van der Waals surface area contributed by atoms with E-state index in [9.17, 15) is 0 Å². The fraction of sp³-hybridized carbons (Fsp3) is 0.727. The van der Waals surface area contributed by atoms with Crippen molar-refractivity contribution in [2.75, 3.05) is 19.8 Å². The highest BCUT2D eigenvalue weighted by molar-refractivity contribution is 5.10. The predicted molar refractivity (Wildman–Crippen MR) is 60.7 cm³/mol. The van der Waals surface area contributed by atoms with E-state index in [4.69, 9.17) is 4.74 Å². The lowest BCUT2D eigenvalue weighted by Crippen LogP contribution is -2.22. The monoisotopic (exact) mass is 211 g/mol. The Morgan fingerprint density at radius 1 is 1.53 bits per heavy atom. The van der Waals surface area contributed by atoms with Crippen molar-refractivity contribution in [3.05, 3.63) is 18.0 Å². The lowest BCUT2D eigenvalue weighted by Gasteiger charge is -2.15. The lowest BCUT2D eigenvalue weighted by molar-refractivity contribution is 0.136. The van der Waals surface area contributed by atoms with E-state index in [0.29, 0.717) is 6.04 Å². The van der Waals surface area contributed by atoms with Crippen molar-refractivity contribution in [3.8, 4) is 0 Å². The molecule has 0 fully saturated rings. The van der Waals surface area contributed by atoms with Gasteiger partial charge in [-0.15, -0.1) is 0 Å². The van der Waals surface area contributed by atoms with Gasteiger partial charge in [-0.05, 0) is 19.9 Å². The first kappa shape index (κ1) is 12.2. The van der Waals surface area contributed by atoms with Crippen LogP contribution in [0.4, 0.5) is 0 Å². The van der Waals surface area contributed by atoms with Crippen LogP contribution in [0.5, 0.6) is 0 Å². The SMILES string of the molecule is CCNC(CCOCC)c1cnn(C)c1. The Balaban J connectivity index is 2.49. The first-order valence-corrected chi connectivity index (χ1v) is 5.57. The Hall–Kier alpha value is -0.870. The van der Waals surface area contributed by atoms with Gasteiger partial charge in [-0.1, -0.05) is 6.92 Å². The summed E-state index contributed by atoms with van der Waals surface area (Å²) in [5.74, 6) is 0. The molecule has 0 aliphatic rings. The van der Waals surface area contributed by atoms with E-state index in [-0.39, 0.29) is 0 Å². The van der Waals surface area contributed by atoms with Crippen LogP contribution in [0.2, 0.25) is 0 Å². The molecular weight excluding hydrogens is 190 g/mol. The van der Waals surface area contributed by atoms with Crippen LogP contribution in [-0.4, -0.2) is 29.5 Å². The van der Waals surface area contributed by atoms with Gasteiger partial charge in [0.05, 0.1) is 6.20 Å². The average Bonchev–Trinajstić information content (AvgIpc) is 2.64. The van der Waals surface area contributed by atoms with Crippen molar-refractivity contribution in [1.29, 1.82) is 0 Å². The third-order valence-corrected chi connectivity index (χ3v) is 2.33. The quantitative estimate of drug-likeness (QED) is 0.695. The van der Waals surface area contributed by atoms with Gasteiger partial charge in [0.25, 0.3) is 0 Å². The molecule has 15 heavy (non-hydrogen) atoms. The molecule has 0 saturated carbocycles. The molecule has 0 aromatic carbocycles. The van der Waals surface area contributed by atoms with Crippen LogP contribution in [0.3, 0.4) is 0 Å². The fourth-order valence-corrected chi connectivity index (χ4v) is 1.60. The molecular formula is C11H21N3O. The molecule has 1 unspecified atom stereocenters. The lowest BCUT2D eigenvalue weighted by atomic mass is 10.1. The number of rotatable bonds is 7. The highest BCUT2D eigenvalue weighted by atomic mass is 16.5. The second kappa shape index (κ2) is 6.58. The van der Waals surface area contributed by atoms with E-state index < -0.39 is 0 Å². The second-order valence-electron chi connectivity index (χ2n) is 3.54. The molecule has 0 radical (unpaired) electrons. The maximum Gasteiger partial charge on any atom is 0.0537 e. The number of hydrogen-bond donors (Lipinski definition) is 1. The zero-order valence-electron chi connectivity index (χ0n) is 9.86. The molecule has 0 spiro atoms. The van der Waals surface area contributed by atoms with E-state index in [2.05, 4.69) is 23.5 Å². The van der Waals surface area contributed by atoms with E-state index in [0.717, 1.165) is 26.2 Å². The minimum absolute atomic E-state index is 0.357. The summed E-state index contributed by atoms with van der Waals surface area (Å²) in [5, 5.41) is 7.62. The summed E-state index contributed by atoms with van der Waals surface area (Å²) in [7, 11) is 1.94. The molecule has 0 aliphatic carbocycles. The normalized spacial score (nSPS) is 13.0. The standard InChI is InChI=1S/C11H21N3O/c1-4-12-11(6-7-15-5-2)10-8-13-14(3)9-10/h8-9,11-12H,4-7H2,1-3H3. The van der Waals surface area contributed by atoms with E-state index in [1.165, 1.54) is 5.56 Å². The Morgan fingerprint density at radius 2 is 2.33 bits per heavy atom. The van der Waals surface area contributed by atoms with Crippen LogP contribution in [0.25, 0.3) is 0 Å². The molecule has 0 bridgehead atoms. The van der Waals surface area contributed by atoms with Gasteiger partial charge in [-0.2, -0.15) is 5.10 Å². The molecule has 1 aromatic rings. The van der Waals surface area contributed by atoms with Crippen LogP contribution in [0.1, 0.15) is 31.9 Å². The highest BCUT2D eigenvalue weighted by Crippen LogP contribution is 2.15. The zero-order chi connectivity index (χ0) is 11.1. The number of nitrogens with one attached hydrogen (secondary N) is 1. The molecule has 1 atom stereocenters. The topological polar surface area (TPSA) is 39.1 Å². The summed E-state index contributed by atoms with van der Waals surface area (Å²) >= 11 is 0. The Bertz CT molecular complexity index is 273. The van der Waals surface area contributed by atoms with Crippen molar-refractivity contribution < 1.29 is 4.74 Å². The molecule has 4 nitrogen and oxygen atoms in total. The third kappa shape index (κ3) is 4.01. The predicted octanol–water partition coefficient (Wildman–Crippen LogP) is 1.50. The van der Waals surface area contributed by atoms with Crippen molar-refractivity contribution in [2.24, 2.45) is 7.05 Å². The number of hydrogen-bond acceptors (Lipinski definition) is 3. The maximum absolute atomic E-state index is 5.37. The number of aryl methyl sites for hydroxylation is 1. The molecule has 1 rings (SSSR count). The molecule has 1 aromatic heterocycles. The molecule has 86 valence electrons. The molecule has 0 saturated heterocycles. The van der Waals surface area contributed by atoms with Crippen LogP contribution in [0, 0.1) is 0 Å². The Kier molecular flexibility index (Phi) is 5.36.